The lowest BCUT2D eigenvalue weighted by Gasteiger charge is -2.45. The Morgan fingerprint density at radius 3 is 2.63 bits per heavy atom. The van der Waals surface area contributed by atoms with Crippen molar-refractivity contribution < 1.29 is 23.0 Å². The summed E-state index contributed by atoms with van der Waals surface area (Å²) in [7, 11) is 0. The zero-order chi connectivity index (χ0) is 28.1. The van der Waals surface area contributed by atoms with Crippen LogP contribution < -0.4 is 4.74 Å². The van der Waals surface area contributed by atoms with Gasteiger partial charge in [0.05, 0.1) is 29.7 Å². The molecule has 0 radical (unpaired) electrons. The molecule has 2 aliphatic heterocycles. The van der Waals surface area contributed by atoms with Gasteiger partial charge in [0.1, 0.15) is 18.1 Å². The number of β-amino-alcohol motifs (C(OH)–C–C–N with tert-alkyl or cyclic N) is 1. The fourth-order valence-electron chi connectivity index (χ4n) is 6.01. The highest BCUT2D eigenvalue weighted by atomic mass is 19.4. The van der Waals surface area contributed by atoms with Crippen molar-refractivity contribution in [2.75, 3.05) is 26.2 Å². The minimum atomic E-state index is -4.66. The zero-order valence-electron chi connectivity index (χ0n) is 22.2. The number of halogens is 3. The summed E-state index contributed by atoms with van der Waals surface area (Å²) in [6.07, 6.45) is 5.40. The number of rotatable bonds is 7. The van der Waals surface area contributed by atoms with Gasteiger partial charge in [0, 0.05) is 68.2 Å². The van der Waals surface area contributed by atoms with E-state index in [0.717, 1.165) is 48.2 Å². The van der Waals surface area contributed by atoms with Crippen LogP contribution in [0.1, 0.15) is 43.2 Å². The summed E-state index contributed by atoms with van der Waals surface area (Å²) in [5, 5.41) is 15.1. The highest BCUT2D eigenvalue weighted by Gasteiger charge is 2.38. The van der Waals surface area contributed by atoms with E-state index in [0.29, 0.717) is 38.0 Å². The van der Waals surface area contributed by atoms with Crippen LogP contribution in [0.15, 0.2) is 37.1 Å². The van der Waals surface area contributed by atoms with E-state index >= 15 is 0 Å². The summed E-state index contributed by atoms with van der Waals surface area (Å²) >= 11 is 0. The van der Waals surface area contributed by atoms with Crippen LogP contribution in [0.2, 0.25) is 0 Å². The van der Waals surface area contributed by atoms with E-state index in [1.165, 1.54) is 6.07 Å². The molecule has 0 atom stereocenters. The number of H-pyrrole nitrogens is 1. The lowest BCUT2D eigenvalue weighted by Crippen LogP contribution is -2.50. The Hall–Kier alpha value is -3.62. The van der Waals surface area contributed by atoms with Crippen LogP contribution in [-0.2, 0) is 12.7 Å². The quantitative estimate of drug-likeness (QED) is 0.346. The molecule has 4 aromatic heterocycles. The summed E-state index contributed by atoms with van der Waals surface area (Å²) in [6.45, 7) is 2.68. The molecule has 4 aromatic rings. The molecule has 14 heteroatoms. The van der Waals surface area contributed by atoms with Gasteiger partial charge in [0.15, 0.2) is 0 Å². The lowest BCUT2D eigenvalue weighted by atomic mass is 9.84. The van der Waals surface area contributed by atoms with Crippen LogP contribution in [0.3, 0.4) is 0 Å². The minimum absolute atomic E-state index is 0.0411. The second-order valence-corrected chi connectivity index (χ2v) is 11.2. The molecular formula is C27H30F3N9O2. The number of fused-ring (bicyclic) bond motifs is 1. The third-order valence-corrected chi connectivity index (χ3v) is 8.30. The first-order valence-electron chi connectivity index (χ1n) is 13.9. The van der Waals surface area contributed by atoms with Crippen molar-refractivity contribution in [3.63, 3.8) is 0 Å². The first kappa shape index (κ1) is 26.3. The number of aliphatic hydroxyl groups is 1. The van der Waals surface area contributed by atoms with Crippen molar-refractivity contribution in [3.05, 3.63) is 48.6 Å². The van der Waals surface area contributed by atoms with Crippen molar-refractivity contribution in [2.24, 2.45) is 0 Å². The lowest BCUT2D eigenvalue weighted by molar-refractivity contribution is -0.145. The number of hydrogen-bond acceptors (Lipinski definition) is 9. The molecule has 41 heavy (non-hydrogen) atoms. The van der Waals surface area contributed by atoms with E-state index in [2.05, 4.69) is 34.9 Å². The van der Waals surface area contributed by atoms with Crippen molar-refractivity contribution in [3.8, 4) is 17.1 Å². The number of aromatic amines is 1. The van der Waals surface area contributed by atoms with Gasteiger partial charge in [-0.1, -0.05) is 0 Å². The Labute approximate surface area is 233 Å². The van der Waals surface area contributed by atoms with E-state index in [9.17, 15) is 18.3 Å². The van der Waals surface area contributed by atoms with Gasteiger partial charge in [-0.15, -0.1) is 0 Å². The fourth-order valence-corrected chi connectivity index (χ4v) is 6.01. The predicted octanol–water partition coefficient (Wildman–Crippen LogP) is 3.05. The van der Waals surface area contributed by atoms with Gasteiger partial charge < -0.3 is 14.8 Å². The van der Waals surface area contributed by atoms with E-state index in [4.69, 9.17) is 4.74 Å². The van der Waals surface area contributed by atoms with Crippen LogP contribution in [0.5, 0.6) is 5.88 Å². The number of aliphatic hydroxyl groups excluding tert-OH is 1. The number of ether oxygens (including phenoxy) is 1. The summed E-state index contributed by atoms with van der Waals surface area (Å²) in [6, 6.07) is 4.22. The number of hydrogen-bond donors (Lipinski definition) is 2. The van der Waals surface area contributed by atoms with Crippen molar-refractivity contribution >= 4 is 11.0 Å². The van der Waals surface area contributed by atoms with Crippen LogP contribution in [0.25, 0.3) is 22.3 Å². The van der Waals surface area contributed by atoms with Crippen LogP contribution in [0, 0.1) is 0 Å². The predicted molar refractivity (Wildman–Crippen MR) is 141 cm³/mol. The smallest absolute Gasteiger partial charge is 0.451 e. The van der Waals surface area contributed by atoms with Crippen LogP contribution in [0.4, 0.5) is 13.2 Å². The second kappa shape index (κ2) is 10.3. The van der Waals surface area contributed by atoms with Gasteiger partial charge in [0.25, 0.3) is 0 Å². The van der Waals surface area contributed by atoms with Gasteiger partial charge in [-0.2, -0.15) is 23.3 Å². The third-order valence-electron chi connectivity index (χ3n) is 8.30. The van der Waals surface area contributed by atoms with E-state index in [1.54, 1.807) is 6.33 Å². The number of nitrogens with one attached hydrogen (secondary N) is 1. The molecule has 2 saturated heterocycles. The number of aromatic nitrogens is 7. The first-order valence-corrected chi connectivity index (χ1v) is 13.9. The molecule has 3 aliphatic rings. The highest BCUT2D eigenvalue weighted by molar-refractivity contribution is 5.89. The third kappa shape index (κ3) is 5.38. The number of alkyl halides is 3. The highest BCUT2D eigenvalue weighted by Crippen LogP contribution is 2.38. The van der Waals surface area contributed by atoms with Crippen molar-refractivity contribution in [2.45, 2.75) is 62.7 Å². The molecule has 216 valence electrons. The van der Waals surface area contributed by atoms with Crippen LogP contribution in [-0.4, -0.2) is 94.0 Å². The van der Waals surface area contributed by atoms with Crippen LogP contribution >= 0.6 is 0 Å². The Bertz CT molecular complexity index is 1520. The van der Waals surface area contributed by atoms with Crippen molar-refractivity contribution in [1.82, 2.24) is 44.5 Å². The molecule has 7 rings (SSSR count). The monoisotopic (exact) mass is 569 g/mol. The molecule has 3 fully saturated rings. The van der Waals surface area contributed by atoms with Gasteiger partial charge in [-0.3, -0.25) is 14.5 Å². The summed E-state index contributed by atoms with van der Waals surface area (Å²) in [5.74, 6) is -1.23. The standard InChI is InChI=1S/C27H30F3N9O2/c28-27(29,30)26-35-17(12-37-13-20(40)14-37)7-23(36-26)41-21-2-5-38(6-3-21)18-8-19(9-18)39-11-16(10-34-39)24-22-1-4-31-25(22)33-15-32-24/h1,4,7,10-11,15,18-21,40H,2-3,5-6,8-9,12-14H2,(H,31,32,33). The van der Waals surface area contributed by atoms with Gasteiger partial charge in [0.2, 0.25) is 11.7 Å². The molecule has 6 heterocycles. The molecule has 0 unspecified atom stereocenters. The van der Waals surface area contributed by atoms with Gasteiger partial charge >= 0.3 is 6.18 Å². The number of nitrogens with zero attached hydrogens (tertiary/aromatic N) is 8. The zero-order valence-corrected chi connectivity index (χ0v) is 22.2. The summed E-state index contributed by atoms with van der Waals surface area (Å²) in [5.41, 5.74) is 2.86. The number of likely N-dealkylation sites (tertiary alicyclic amines) is 2. The SMILES string of the molecule is OC1CN(Cc2cc(OC3CCN(C4CC(n5cc(-c6ncnc7[nH]ccc67)cn5)C4)CC3)nc(C(F)(F)F)n2)C1. The maximum absolute atomic E-state index is 13.4. The molecule has 1 aliphatic carbocycles. The normalized spacial score (nSPS) is 23.0. The Balaban J connectivity index is 0.931. The molecule has 0 bridgehead atoms. The summed E-state index contributed by atoms with van der Waals surface area (Å²) in [4.78, 5) is 23.5. The molecule has 11 nitrogen and oxygen atoms in total. The Morgan fingerprint density at radius 1 is 1.07 bits per heavy atom. The fraction of sp³-hybridized carbons (Fsp3) is 0.519. The first-order chi connectivity index (χ1) is 19.8. The minimum Gasteiger partial charge on any atom is -0.474 e. The van der Waals surface area contributed by atoms with E-state index < -0.39 is 18.1 Å². The average Bonchev–Trinajstić information content (AvgIpc) is 3.57. The molecular weight excluding hydrogens is 539 g/mol. The molecule has 0 spiro atoms. The maximum atomic E-state index is 13.4. The van der Waals surface area contributed by atoms with Gasteiger partial charge in [-0.05, 0) is 31.7 Å². The average molecular weight is 570 g/mol. The van der Waals surface area contributed by atoms with E-state index in [-0.39, 0.29) is 24.2 Å². The topological polar surface area (TPSA) is 121 Å². The van der Waals surface area contributed by atoms with E-state index in [1.807, 2.05) is 34.2 Å². The van der Waals surface area contributed by atoms with Gasteiger partial charge in [-0.25, -0.2) is 15.0 Å². The largest absolute Gasteiger partial charge is 0.474 e. The maximum Gasteiger partial charge on any atom is 0.451 e. The molecule has 0 amide bonds. The van der Waals surface area contributed by atoms with Crippen molar-refractivity contribution in [1.29, 1.82) is 0 Å². The molecule has 0 aromatic carbocycles. The molecule has 1 saturated carbocycles. The summed E-state index contributed by atoms with van der Waals surface area (Å²) < 4.78 is 48.3. The number of piperidine rings is 1. The second-order valence-electron chi connectivity index (χ2n) is 11.2. The molecule has 2 N–H and O–H groups in total. The Morgan fingerprint density at radius 2 is 1.88 bits per heavy atom. The Kier molecular flexibility index (Phi) is 6.63.